The fraction of sp³-hybridized carbons (Fsp3) is 0.321. The summed E-state index contributed by atoms with van der Waals surface area (Å²) in [5.74, 6) is -0.698. The Kier molecular flexibility index (Phi) is 8.76. The van der Waals surface area contributed by atoms with Crippen LogP contribution in [0.5, 0.6) is 0 Å². The van der Waals surface area contributed by atoms with Gasteiger partial charge in [0, 0.05) is 56.2 Å². The Morgan fingerprint density at radius 1 is 1.10 bits per heavy atom. The quantitative estimate of drug-likeness (QED) is 0.432. The molecule has 3 N–H and O–H groups in total. The number of nitrogens with two attached hydrogens (primary N) is 1. The summed E-state index contributed by atoms with van der Waals surface area (Å²) in [4.78, 5) is 34.5. The predicted octanol–water partition coefficient (Wildman–Crippen LogP) is 4.85. The van der Waals surface area contributed by atoms with Gasteiger partial charge in [0.25, 0.3) is 11.8 Å². The molecule has 7 nitrogen and oxygen atoms in total. The molecule has 2 aromatic carbocycles. The number of carbonyl (C=O) groups excluding carboxylic acids is 2. The molecule has 0 aliphatic carbocycles. The maximum Gasteiger partial charge on any atom is 0.416 e. The van der Waals surface area contributed by atoms with E-state index in [0.717, 1.165) is 35.1 Å². The molecule has 206 valence electrons. The second-order valence-electron chi connectivity index (χ2n) is 9.19. The largest absolute Gasteiger partial charge is 0.416 e. The molecule has 0 spiro atoms. The zero-order chi connectivity index (χ0) is 28.2. The maximum absolute atomic E-state index is 13.2. The molecule has 4 rings (SSSR count). The van der Waals surface area contributed by atoms with Crippen LogP contribution in [0, 0.1) is 0 Å². The van der Waals surface area contributed by atoms with Crippen molar-refractivity contribution in [2.24, 2.45) is 5.73 Å². The Morgan fingerprint density at radius 3 is 2.54 bits per heavy atom. The van der Waals surface area contributed by atoms with E-state index in [9.17, 15) is 22.8 Å². The number of pyridine rings is 1. The van der Waals surface area contributed by atoms with E-state index in [2.05, 4.69) is 15.2 Å². The summed E-state index contributed by atoms with van der Waals surface area (Å²) in [5.41, 5.74) is 7.41. The average molecular weight is 560 g/mol. The maximum atomic E-state index is 13.2. The number of hydrogen-bond acceptors (Lipinski definition) is 5. The number of nitrogens with one attached hydrogen (secondary N) is 1. The van der Waals surface area contributed by atoms with Crippen LogP contribution in [-0.4, -0.2) is 60.5 Å². The van der Waals surface area contributed by atoms with Gasteiger partial charge in [0.15, 0.2) is 0 Å². The number of halogens is 4. The lowest BCUT2D eigenvalue weighted by Crippen LogP contribution is -2.55. The molecule has 2 amide bonds. The van der Waals surface area contributed by atoms with Gasteiger partial charge in [-0.05, 0) is 48.9 Å². The number of carbonyl (C=O) groups is 2. The van der Waals surface area contributed by atoms with Crippen molar-refractivity contribution >= 4 is 29.1 Å². The smallest absolute Gasteiger partial charge is 0.364 e. The van der Waals surface area contributed by atoms with E-state index in [4.69, 9.17) is 17.3 Å². The van der Waals surface area contributed by atoms with Crippen molar-refractivity contribution in [3.05, 3.63) is 82.5 Å². The Hall–Kier alpha value is -3.63. The van der Waals surface area contributed by atoms with Gasteiger partial charge in [-0.25, -0.2) is 0 Å². The SMILES string of the molecule is CC[C@@H]1CN(C(=O)c2ccc(C(F)(F)F)cc2Cl)CCN1c1ccc(-c2ccccn2)cc1C(=O)NCCN. The highest BCUT2D eigenvalue weighted by Crippen LogP contribution is 2.34. The lowest BCUT2D eigenvalue weighted by atomic mass is 10.0. The van der Waals surface area contributed by atoms with Crippen LogP contribution in [0.2, 0.25) is 5.02 Å². The summed E-state index contributed by atoms with van der Waals surface area (Å²) >= 11 is 6.09. The van der Waals surface area contributed by atoms with E-state index in [1.54, 1.807) is 17.2 Å². The van der Waals surface area contributed by atoms with Gasteiger partial charge in [-0.1, -0.05) is 30.7 Å². The summed E-state index contributed by atoms with van der Waals surface area (Å²) in [6.45, 7) is 3.64. The fourth-order valence-corrected chi connectivity index (χ4v) is 4.95. The van der Waals surface area contributed by atoms with Crippen LogP contribution in [0.3, 0.4) is 0 Å². The fourth-order valence-electron chi connectivity index (χ4n) is 4.68. The minimum absolute atomic E-state index is 0.0227. The third kappa shape index (κ3) is 6.34. The number of piperazine rings is 1. The normalized spacial score (nSPS) is 15.8. The van der Waals surface area contributed by atoms with Crippen LogP contribution >= 0.6 is 11.6 Å². The van der Waals surface area contributed by atoms with Gasteiger partial charge in [0.2, 0.25) is 0 Å². The number of rotatable bonds is 7. The Bertz CT molecular complexity index is 1340. The Balaban J connectivity index is 1.60. The standard InChI is InChI=1S/C28H29ClF3N5O2/c1-2-20-17-36(27(39)21-8-7-19(16-23(21)29)28(30,31)32)13-14-37(20)25-9-6-18(24-5-3-4-11-34-24)15-22(25)26(38)35-12-10-33/h3-9,11,15-16,20H,2,10,12-14,17,33H2,1H3,(H,35,38)/t20-/m1/s1. The van der Waals surface area contributed by atoms with Gasteiger partial charge in [0.05, 0.1) is 27.4 Å². The number of alkyl halides is 3. The zero-order valence-corrected chi connectivity index (χ0v) is 22.1. The molecule has 0 radical (unpaired) electrons. The average Bonchev–Trinajstić information content (AvgIpc) is 2.94. The summed E-state index contributed by atoms with van der Waals surface area (Å²) in [5, 5.41) is 2.60. The monoisotopic (exact) mass is 559 g/mol. The van der Waals surface area contributed by atoms with E-state index in [0.29, 0.717) is 44.7 Å². The van der Waals surface area contributed by atoms with E-state index in [1.165, 1.54) is 0 Å². The van der Waals surface area contributed by atoms with Crippen molar-refractivity contribution in [1.82, 2.24) is 15.2 Å². The molecule has 1 aromatic heterocycles. The molecule has 0 unspecified atom stereocenters. The van der Waals surface area contributed by atoms with E-state index in [1.807, 2.05) is 37.3 Å². The van der Waals surface area contributed by atoms with Crippen LogP contribution < -0.4 is 16.0 Å². The van der Waals surface area contributed by atoms with Crippen molar-refractivity contribution in [3.63, 3.8) is 0 Å². The number of amides is 2. The second kappa shape index (κ2) is 12.0. The van der Waals surface area contributed by atoms with Crippen LogP contribution in [0.15, 0.2) is 60.8 Å². The third-order valence-electron chi connectivity index (χ3n) is 6.71. The molecule has 2 heterocycles. The lowest BCUT2D eigenvalue weighted by Gasteiger charge is -2.43. The van der Waals surface area contributed by atoms with Crippen LogP contribution in [0.1, 0.15) is 39.6 Å². The van der Waals surface area contributed by atoms with Crippen molar-refractivity contribution in [2.75, 3.05) is 37.6 Å². The van der Waals surface area contributed by atoms with Gasteiger partial charge < -0.3 is 20.9 Å². The topological polar surface area (TPSA) is 91.6 Å². The molecule has 1 aliphatic rings. The van der Waals surface area contributed by atoms with Gasteiger partial charge in [-0.3, -0.25) is 14.6 Å². The molecule has 0 saturated carbocycles. The predicted molar refractivity (Wildman–Crippen MR) is 145 cm³/mol. The Morgan fingerprint density at radius 2 is 1.90 bits per heavy atom. The molecular formula is C28H29ClF3N5O2. The van der Waals surface area contributed by atoms with E-state index >= 15 is 0 Å². The summed E-state index contributed by atoms with van der Waals surface area (Å²) in [6, 6.07) is 13.8. The van der Waals surface area contributed by atoms with Gasteiger partial charge in [0.1, 0.15) is 0 Å². The minimum atomic E-state index is -4.55. The highest BCUT2D eigenvalue weighted by molar-refractivity contribution is 6.33. The van der Waals surface area contributed by atoms with Crippen molar-refractivity contribution in [1.29, 1.82) is 0 Å². The number of aromatic nitrogens is 1. The molecular weight excluding hydrogens is 531 g/mol. The highest BCUT2D eigenvalue weighted by atomic mass is 35.5. The second-order valence-corrected chi connectivity index (χ2v) is 9.60. The molecule has 11 heteroatoms. The van der Waals surface area contributed by atoms with Crippen molar-refractivity contribution < 1.29 is 22.8 Å². The van der Waals surface area contributed by atoms with E-state index in [-0.39, 0.29) is 22.5 Å². The molecule has 1 atom stereocenters. The zero-order valence-electron chi connectivity index (χ0n) is 21.3. The number of hydrogen-bond donors (Lipinski definition) is 2. The first-order valence-corrected chi connectivity index (χ1v) is 13.0. The van der Waals surface area contributed by atoms with Gasteiger partial charge in [-0.2, -0.15) is 13.2 Å². The molecule has 1 fully saturated rings. The molecule has 3 aromatic rings. The first-order chi connectivity index (χ1) is 18.6. The molecule has 1 aliphatic heterocycles. The van der Waals surface area contributed by atoms with Crippen LogP contribution in [-0.2, 0) is 6.18 Å². The first-order valence-electron chi connectivity index (χ1n) is 12.6. The summed E-state index contributed by atoms with van der Waals surface area (Å²) in [6.07, 6.45) is -2.20. The number of benzene rings is 2. The Labute approximate surface area is 229 Å². The van der Waals surface area contributed by atoms with Gasteiger partial charge in [-0.15, -0.1) is 0 Å². The number of nitrogens with zero attached hydrogens (tertiary/aromatic N) is 3. The minimum Gasteiger partial charge on any atom is -0.364 e. The summed E-state index contributed by atoms with van der Waals surface area (Å²) < 4.78 is 39.1. The van der Waals surface area contributed by atoms with Crippen molar-refractivity contribution in [2.45, 2.75) is 25.6 Å². The first kappa shape index (κ1) is 28.4. The third-order valence-corrected chi connectivity index (χ3v) is 7.02. The molecule has 1 saturated heterocycles. The van der Waals surface area contributed by atoms with E-state index < -0.39 is 17.6 Å². The van der Waals surface area contributed by atoms with Gasteiger partial charge >= 0.3 is 6.18 Å². The highest BCUT2D eigenvalue weighted by Gasteiger charge is 2.34. The number of anilines is 1. The van der Waals surface area contributed by atoms with Crippen molar-refractivity contribution in [3.8, 4) is 11.3 Å². The molecule has 0 bridgehead atoms. The summed E-state index contributed by atoms with van der Waals surface area (Å²) in [7, 11) is 0. The lowest BCUT2D eigenvalue weighted by molar-refractivity contribution is -0.137. The van der Waals surface area contributed by atoms with Crippen LogP contribution in [0.25, 0.3) is 11.3 Å². The van der Waals surface area contributed by atoms with Crippen LogP contribution in [0.4, 0.5) is 18.9 Å². The molecule has 39 heavy (non-hydrogen) atoms.